The van der Waals surface area contributed by atoms with E-state index in [-0.39, 0.29) is 23.3 Å². The van der Waals surface area contributed by atoms with E-state index in [4.69, 9.17) is 4.74 Å². The van der Waals surface area contributed by atoms with Crippen molar-refractivity contribution >= 4 is 5.91 Å². The van der Waals surface area contributed by atoms with Gasteiger partial charge in [-0.15, -0.1) is 0 Å². The zero-order chi connectivity index (χ0) is 19.3. The Bertz CT molecular complexity index is 927. The Morgan fingerprint density at radius 1 is 1.32 bits per heavy atom. The molecule has 1 atom stereocenters. The highest BCUT2D eigenvalue weighted by atomic mass is 19.1. The van der Waals surface area contributed by atoms with Gasteiger partial charge < -0.3 is 9.64 Å². The quantitative estimate of drug-likeness (QED) is 0.656. The van der Waals surface area contributed by atoms with Crippen molar-refractivity contribution in [2.75, 3.05) is 13.2 Å². The number of carbonyl (C=O) groups excluding carboxylic acids is 1. The molecule has 8 heteroatoms. The highest BCUT2D eigenvalue weighted by Crippen LogP contribution is 2.19. The number of pyridine rings is 1. The molecule has 3 heterocycles. The van der Waals surface area contributed by atoms with Crippen LogP contribution in [0.2, 0.25) is 0 Å². The molecule has 0 saturated carbocycles. The van der Waals surface area contributed by atoms with Crippen molar-refractivity contribution in [3.05, 3.63) is 72.3 Å². The molecule has 28 heavy (non-hydrogen) atoms. The summed E-state index contributed by atoms with van der Waals surface area (Å²) in [5.74, 6) is -0.779. The largest absolute Gasteiger partial charge is 0.376 e. The fourth-order valence-electron chi connectivity index (χ4n) is 3.31. The Kier molecular flexibility index (Phi) is 5.38. The summed E-state index contributed by atoms with van der Waals surface area (Å²) >= 11 is 0. The first kappa shape index (κ1) is 18.2. The number of benzene rings is 1. The Morgan fingerprint density at radius 3 is 2.93 bits per heavy atom. The highest BCUT2D eigenvalue weighted by Gasteiger charge is 2.24. The number of halogens is 1. The van der Waals surface area contributed by atoms with Gasteiger partial charge in [-0.25, -0.2) is 14.1 Å². The van der Waals surface area contributed by atoms with Crippen molar-refractivity contribution in [1.82, 2.24) is 24.6 Å². The van der Waals surface area contributed by atoms with E-state index in [2.05, 4.69) is 15.1 Å². The maximum Gasteiger partial charge on any atom is 0.254 e. The van der Waals surface area contributed by atoms with E-state index in [0.717, 1.165) is 18.4 Å². The fourth-order valence-corrected chi connectivity index (χ4v) is 3.31. The molecule has 1 amide bonds. The van der Waals surface area contributed by atoms with Gasteiger partial charge in [0.05, 0.1) is 6.10 Å². The number of carbonyl (C=O) groups is 1. The monoisotopic (exact) mass is 381 g/mol. The topological polar surface area (TPSA) is 73.1 Å². The molecular weight excluding hydrogens is 361 g/mol. The van der Waals surface area contributed by atoms with Crippen LogP contribution in [0.3, 0.4) is 0 Å². The summed E-state index contributed by atoms with van der Waals surface area (Å²) in [6.45, 7) is 1.56. The Balaban J connectivity index is 1.57. The van der Waals surface area contributed by atoms with Gasteiger partial charge >= 0.3 is 0 Å². The molecule has 7 nitrogen and oxygen atoms in total. The summed E-state index contributed by atoms with van der Waals surface area (Å²) in [6, 6.07) is 8.12. The van der Waals surface area contributed by atoms with Crippen LogP contribution in [-0.4, -0.2) is 49.8 Å². The van der Waals surface area contributed by atoms with Crippen molar-refractivity contribution < 1.29 is 13.9 Å². The second kappa shape index (κ2) is 8.26. The number of rotatable bonds is 6. The van der Waals surface area contributed by atoms with Crippen molar-refractivity contribution in [2.24, 2.45) is 0 Å². The van der Waals surface area contributed by atoms with Gasteiger partial charge in [-0.05, 0) is 42.7 Å². The molecule has 1 saturated heterocycles. The van der Waals surface area contributed by atoms with Crippen molar-refractivity contribution in [3.8, 4) is 5.69 Å². The van der Waals surface area contributed by atoms with Crippen LogP contribution in [0.15, 0.2) is 55.4 Å². The van der Waals surface area contributed by atoms with Gasteiger partial charge in [-0.3, -0.25) is 9.78 Å². The van der Waals surface area contributed by atoms with E-state index < -0.39 is 5.82 Å². The zero-order valence-electron chi connectivity index (χ0n) is 15.2. The number of aromatic nitrogens is 4. The third kappa shape index (κ3) is 4.07. The molecule has 1 aliphatic heterocycles. The molecule has 0 radical (unpaired) electrons. The molecule has 0 aliphatic carbocycles. The number of nitrogens with zero attached hydrogens (tertiary/aromatic N) is 5. The fraction of sp³-hybridized carbons (Fsp3) is 0.300. The van der Waals surface area contributed by atoms with Gasteiger partial charge in [-0.1, -0.05) is 6.07 Å². The van der Waals surface area contributed by atoms with Crippen LogP contribution in [-0.2, 0) is 11.3 Å². The minimum absolute atomic E-state index is 0.000102. The standard InChI is InChI=1S/C20H20FN5O2/c21-18-9-16(5-6-19(18)26-14-23-13-24-26)20(27)25(12-17-4-2-8-28-17)11-15-3-1-7-22-10-15/h1,3,5-7,9-10,13-14,17H,2,4,8,11-12H2. The number of hydrogen-bond acceptors (Lipinski definition) is 5. The normalized spacial score (nSPS) is 16.2. The maximum atomic E-state index is 14.6. The molecule has 1 unspecified atom stereocenters. The average molecular weight is 381 g/mol. The van der Waals surface area contributed by atoms with E-state index in [9.17, 15) is 9.18 Å². The second-order valence-corrected chi connectivity index (χ2v) is 6.69. The molecule has 144 valence electrons. The van der Waals surface area contributed by atoms with Crippen LogP contribution in [0.1, 0.15) is 28.8 Å². The number of hydrogen-bond donors (Lipinski definition) is 0. The predicted octanol–water partition coefficient (Wildman–Crippen LogP) is 2.62. The smallest absolute Gasteiger partial charge is 0.254 e. The van der Waals surface area contributed by atoms with Crippen molar-refractivity contribution in [3.63, 3.8) is 0 Å². The van der Waals surface area contributed by atoms with E-state index in [1.54, 1.807) is 23.4 Å². The molecule has 3 aromatic rings. The summed E-state index contributed by atoms with van der Waals surface area (Å²) in [6.07, 6.45) is 8.05. The van der Waals surface area contributed by atoms with E-state index in [1.807, 2.05) is 12.1 Å². The minimum atomic E-state index is -0.533. The average Bonchev–Trinajstić information content (AvgIpc) is 3.42. The highest BCUT2D eigenvalue weighted by molar-refractivity contribution is 5.94. The molecular formula is C20H20FN5O2. The lowest BCUT2D eigenvalue weighted by atomic mass is 10.1. The van der Waals surface area contributed by atoms with Gasteiger partial charge in [-0.2, -0.15) is 5.10 Å². The van der Waals surface area contributed by atoms with Gasteiger partial charge in [0.25, 0.3) is 5.91 Å². The maximum absolute atomic E-state index is 14.6. The van der Waals surface area contributed by atoms with Gasteiger partial charge in [0.1, 0.15) is 24.2 Å². The third-order valence-corrected chi connectivity index (χ3v) is 4.69. The third-order valence-electron chi connectivity index (χ3n) is 4.69. The summed E-state index contributed by atoms with van der Waals surface area (Å²) < 4.78 is 21.6. The van der Waals surface area contributed by atoms with Gasteiger partial charge in [0.15, 0.2) is 0 Å². The Morgan fingerprint density at radius 2 is 2.25 bits per heavy atom. The zero-order valence-corrected chi connectivity index (χ0v) is 15.2. The minimum Gasteiger partial charge on any atom is -0.376 e. The van der Waals surface area contributed by atoms with Crippen molar-refractivity contribution in [2.45, 2.75) is 25.5 Å². The summed E-state index contributed by atoms with van der Waals surface area (Å²) in [5, 5.41) is 3.93. The lowest BCUT2D eigenvalue weighted by Crippen LogP contribution is -2.37. The molecule has 1 fully saturated rings. The van der Waals surface area contributed by atoms with Crippen LogP contribution in [0.25, 0.3) is 5.69 Å². The van der Waals surface area contributed by atoms with Crippen molar-refractivity contribution in [1.29, 1.82) is 0 Å². The summed E-state index contributed by atoms with van der Waals surface area (Å²) in [7, 11) is 0. The Labute approximate surface area is 161 Å². The summed E-state index contributed by atoms with van der Waals surface area (Å²) in [5.41, 5.74) is 1.43. The SMILES string of the molecule is O=C(c1ccc(-n2cncn2)c(F)c1)N(Cc1cccnc1)CC1CCCO1. The molecule has 4 rings (SSSR count). The first-order valence-electron chi connectivity index (χ1n) is 9.15. The van der Waals surface area contributed by atoms with E-state index in [1.165, 1.54) is 29.5 Å². The van der Waals surface area contributed by atoms with Gasteiger partial charge in [0.2, 0.25) is 0 Å². The van der Waals surface area contributed by atoms with Crippen LogP contribution >= 0.6 is 0 Å². The molecule has 0 bridgehead atoms. The molecule has 0 spiro atoms. The molecule has 2 aromatic heterocycles. The molecule has 0 N–H and O–H groups in total. The number of amides is 1. The van der Waals surface area contributed by atoms with E-state index in [0.29, 0.717) is 19.7 Å². The number of ether oxygens (including phenoxy) is 1. The lowest BCUT2D eigenvalue weighted by molar-refractivity contribution is 0.0506. The van der Waals surface area contributed by atoms with Gasteiger partial charge in [0, 0.05) is 37.7 Å². The Hall–Kier alpha value is -3.13. The van der Waals surface area contributed by atoms with Crippen LogP contribution in [0.4, 0.5) is 4.39 Å². The lowest BCUT2D eigenvalue weighted by Gasteiger charge is -2.26. The van der Waals surface area contributed by atoms with E-state index >= 15 is 0 Å². The predicted molar refractivity (Wildman–Crippen MR) is 99.3 cm³/mol. The molecule has 1 aliphatic rings. The summed E-state index contributed by atoms with van der Waals surface area (Å²) in [4.78, 5) is 22.8. The second-order valence-electron chi connectivity index (χ2n) is 6.69. The van der Waals surface area contributed by atoms with Crippen LogP contribution in [0.5, 0.6) is 0 Å². The first-order valence-corrected chi connectivity index (χ1v) is 9.15. The molecule has 1 aromatic carbocycles. The van der Waals surface area contributed by atoms with Crippen LogP contribution in [0, 0.1) is 5.82 Å². The first-order chi connectivity index (χ1) is 13.7. The van der Waals surface area contributed by atoms with Crippen LogP contribution < -0.4 is 0 Å².